The highest BCUT2D eigenvalue weighted by molar-refractivity contribution is 5.14. The van der Waals surface area contributed by atoms with Gasteiger partial charge in [0.2, 0.25) is 0 Å². The molecule has 0 aliphatic heterocycles. The minimum absolute atomic E-state index is 0.713. The Bertz CT molecular complexity index is 455. The minimum atomic E-state index is 0.713. The van der Waals surface area contributed by atoms with Crippen LogP contribution in [0.5, 0.6) is 0 Å². The predicted molar refractivity (Wildman–Crippen MR) is 130 cm³/mol. The van der Waals surface area contributed by atoms with Crippen LogP contribution >= 0.6 is 0 Å². The summed E-state index contributed by atoms with van der Waals surface area (Å²) in [6.07, 6.45) is 10.2. The van der Waals surface area contributed by atoms with E-state index < -0.39 is 0 Å². The number of hydrogen-bond donors (Lipinski definition) is 0. The summed E-state index contributed by atoms with van der Waals surface area (Å²) in [6, 6.07) is 10.8. The fourth-order valence-electron chi connectivity index (χ4n) is 3.80. The first-order valence-corrected chi connectivity index (χ1v) is 12.6. The molecule has 0 radical (unpaired) electrons. The van der Waals surface area contributed by atoms with Gasteiger partial charge in [0.25, 0.3) is 0 Å². The minimum Gasteiger partial charge on any atom is -0.380 e. The highest BCUT2D eigenvalue weighted by Crippen LogP contribution is 2.14. The lowest BCUT2D eigenvalue weighted by Gasteiger charge is -2.24. The Balaban J connectivity index is 2.39. The normalized spacial score (nSPS) is 13.6. The molecule has 0 spiro atoms. The quantitative estimate of drug-likeness (QED) is 0.213. The topological polar surface area (TPSA) is 21.7 Å². The molecule has 1 rings (SSSR count). The van der Waals surface area contributed by atoms with Crippen molar-refractivity contribution in [2.45, 2.75) is 85.6 Å². The van der Waals surface area contributed by atoms with Crippen LogP contribution in [-0.2, 0) is 16.0 Å². The van der Waals surface area contributed by atoms with Crippen molar-refractivity contribution in [2.75, 3.05) is 39.5 Å². The summed E-state index contributed by atoms with van der Waals surface area (Å²) in [7, 11) is 0. The van der Waals surface area contributed by atoms with Gasteiger partial charge in [-0.05, 0) is 30.2 Å². The van der Waals surface area contributed by atoms with Crippen molar-refractivity contribution in [1.82, 2.24) is 4.90 Å². The first-order chi connectivity index (χ1) is 14.7. The largest absolute Gasteiger partial charge is 0.380 e. The average Bonchev–Trinajstić information content (AvgIpc) is 2.78. The molecule has 0 bridgehead atoms. The maximum atomic E-state index is 6.08. The van der Waals surface area contributed by atoms with Gasteiger partial charge in [0, 0.05) is 32.8 Å². The van der Waals surface area contributed by atoms with E-state index in [4.69, 9.17) is 9.47 Å². The van der Waals surface area contributed by atoms with Crippen molar-refractivity contribution in [2.24, 2.45) is 11.8 Å². The van der Waals surface area contributed by atoms with Crippen molar-refractivity contribution in [3.63, 3.8) is 0 Å². The molecule has 1 aromatic carbocycles. The first-order valence-electron chi connectivity index (χ1n) is 12.6. The first kappa shape index (κ1) is 27.1. The standard InChI is InChI=1S/C27H49NO2/c1-5-9-14-25(7-3)23-29-20-18-28(22-27-16-12-11-13-17-27)19-21-30-24-26(8-4)15-10-6-2/h11-13,16-17,25-26H,5-10,14-15,18-24H2,1-4H3. The molecule has 3 heteroatoms. The Morgan fingerprint density at radius 1 is 0.733 bits per heavy atom. The van der Waals surface area contributed by atoms with Gasteiger partial charge in [-0.2, -0.15) is 0 Å². The molecule has 174 valence electrons. The van der Waals surface area contributed by atoms with Crippen molar-refractivity contribution in [1.29, 1.82) is 0 Å². The molecular weight excluding hydrogens is 370 g/mol. The Morgan fingerprint density at radius 2 is 1.23 bits per heavy atom. The Morgan fingerprint density at radius 3 is 1.67 bits per heavy atom. The molecular formula is C27H49NO2. The third-order valence-electron chi connectivity index (χ3n) is 6.15. The molecule has 0 aromatic heterocycles. The molecule has 0 amide bonds. The second kappa shape index (κ2) is 18.8. The molecule has 1 aromatic rings. The Hall–Kier alpha value is -0.900. The third kappa shape index (κ3) is 13.4. The SMILES string of the molecule is CCCCC(CC)COCCN(CCOCC(CC)CCCC)Cc1ccccc1. The average molecular weight is 420 g/mol. The van der Waals surface area contributed by atoms with Gasteiger partial charge >= 0.3 is 0 Å². The Labute approximate surface area is 187 Å². The predicted octanol–water partition coefficient (Wildman–Crippen LogP) is 6.95. The molecule has 30 heavy (non-hydrogen) atoms. The van der Waals surface area contributed by atoms with Gasteiger partial charge in [0.15, 0.2) is 0 Å². The van der Waals surface area contributed by atoms with Crippen LogP contribution in [0.3, 0.4) is 0 Å². The lowest BCUT2D eigenvalue weighted by atomic mass is 10.0. The number of rotatable bonds is 20. The zero-order chi connectivity index (χ0) is 21.9. The summed E-state index contributed by atoms with van der Waals surface area (Å²) in [6.45, 7) is 15.4. The fraction of sp³-hybridized carbons (Fsp3) is 0.778. The highest BCUT2D eigenvalue weighted by Gasteiger charge is 2.10. The zero-order valence-corrected chi connectivity index (χ0v) is 20.4. The second-order valence-corrected chi connectivity index (χ2v) is 8.74. The van der Waals surface area contributed by atoms with E-state index in [0.29, 0.717) is 11.8 Å². The van der Waals surface area contributed by atoms with Crippen molar-refractivity contribution in [3.05, 3.63) is 35.9 Å². The lowest BCUT2D eigenvalue weighted by molar-refractivity contribution is 0.0469. The molecule has 0 aliphatic carbocycles. The van der Waals surface area contributed by atoms with E-state index in [9.17, 15) is 0 Å². The summed E-state index contributed by atoms with van der Waals surface area (Å²) in [5.41, 5.74) is 1.36. The molecule has 2 unspecified atom stereocenters. The van der Waals surface area contributed by atoms with Crippen LogP contribution in [-0.4, -0.2) is 44.4 Å². The van der Waals surface area contributed by atoms with E-state index in [2.05, 4.69) is 62.9 Å². The third-order valence-corrected chi connectivity index (χ3v) is 6.15. The van der Waals surface area contributed by atoms with E-state index in [1.54, 1.807) is 0 Å². The second-order valence-electron chi connectivity index (χ2n) is 8.74. The summed E-state index contributed by atoms with van der Waals surface area (Å²) in [5.74, 6) is 1.43. The van der Waals surface area contributed by atoms with Crippen LogP contribution in [0.1, 0.15) is 84.6 Å². The summed E-state index contributed by atoms with van der Waals surface area (Å²) < 4.78 is 12.2. The number of unbranched alkanes of at least 4 members (excludes halogenated alkanes) is 2. The van der Waals surface area contributed by atoms with Gasteiger partial charge in [-0.3, -0.25) is 4.90 Å². The van der Waals surface area contributed by atoms with Crippen molar-refractivity contribution in [3.8, 4) is 0 Å². The Kier molecular flexibility index (Phi) is 17.0. The molecule has 0 heterocycles. The zero-order valence-electron chi connectivity index (χ0n) is 20.4. The molecule has 2 atom stereocenters. The monoisotopic (exact) mass is 419 g/mol. The van der Waals surface area contributed by atoms with Crippen LogP contribution < -0.4 is 0 Å². The lowest BCUT2D eigenvalue weighted by Crippen LogP contribution is -2.31. The van der Waals surface area contributed by atoms with E-state index in [1.807, 2.05) is 0 Å². The van der Waals surface area contributed by atoms with Gasteiger partial charge in [-0.25, -0.2) is 0 Å². The van der Waals surface area contributed by atoms with Gasteiger partial charge in [0.05, 0.1) is 13.2 Å². The number of ether oxygens (including phenoxy) is 2. The van der Waals surface area contributed by atoms with E-state index in [1.165, 1.54) is 56.9 Å². The van der Waals surface area contributed by atoms with E-state index in [0.717, 1.165) is 46.1 Å². The molecule has 0 saturated carbocycles. The van der Waals surface area contributed by atoms with Crippen LogP contribution in [0, 0.1) is 11.8 Å². The fourth-order valence-corrected chi connectivity index (χ4v) is 3.80. The molecule has 0 fully saturated rings. The van der Waals surface area contributed by atoms with Gasteiger partial charge in [-0.1, -0.05) is 96.6 Å². The van der Waals surface area contributed by atoms with Crippen LogP contribution in [0.25, 0.3) is 0 Å². The van der Waals surface area contributed by atoms with Gasteiger partial charge in [-0.15, -0.1) is 0 Å². The van der Waals surface area contributed by atoms with Gasteiger partial charge < -0.3 is 9.47 Å². The molecule has 3 nitrogen and oxygen atoms in total. The van der Waals surface area contributed by atoms with E-state index >= 15 is 0 Å². The molecule has 0 aliphatic rings. The van der Waals surface area contributed by atoms with Crippen molar-refractivity contribution >= 4 is 0 Å². The summed E-state index contributed by atoms with van der Waals surface area (Å²) >= 11 is 0. The number of hydrogen-bond acceptors (Lipinski definition) is 3. The van der Waals surface area contributed by atoms with Gasteiger partial charge in [0.1, 0.15) is 0 Å². The smallest absolute Gasteiger partial charge is 0.0593 e. The summed E-state index contributed by atoms with van der Waals surface area (Å²) in [4.78, 5) is 2.48. The van der Waals surface area contributed by atoms with E-state index in [-0.39, 0.29) is 0 Å². The van der Waals surface area contributed by atoms with Crippen LogP contribution in [0.4, 0.5) is 0 Å². The molecule has 0 N–H and O–H groups in total. The maximum Gasteiger partial charge on any atom is 0.0593 e. The van der Waals surface area contributed by atoms with Crippen LogP contribution in [0.2, 0.25) is 0 Å². The summed E-state index contributed by atoms with van der Waals surface area (Å²) in [5, 5.41) is 0. The number of benzene rings is 1. The molecule has 0 saturated heterocycles. The van der Waals surface area contributed by atoms with Crippen molar-refractivity contribution < 1.29 is 9.47 Å². The van der Waals surface area contributed by atoms with Crippen LogP contribution in [0.15, 0.2) is 30.3 Å². The number of nitrogens with zero attached hydrogens (tertiary/aromatic N) is 1. The highest BCUT2D eigenvalue weighted by atomic mass is 16.5. The maximum absolute atomic E-state index is 6.08.